The summed E-state index contributed by atoms with van der Waals surface area (Å²) >= 11 is 0. The molecule has 0 aliphatic heterocycles. The minimum Gasteiger partial charge on any atom is -0.476 e. The highest BCUT2D eigenvalue weighted by atomic mass is 16.4. The maximum absolute atomic E-state index is 11.2. The van der Waals surface area contributed by atoms with Crippen LogP contribution in [-0.2, 0) is 0 Å². The minimum atomic E-state index is -1.04. The number of carbonyl (C=O) groups is 1. The quantitative estimate of drug-likeness (QED) is 0.844. The fourth-order valence-electron chi connectivity index (χ4n) is 1.33. The van der Waals surface area contributed by atoms with E-state index in [0.717, 1.165) is 0 Å². The van der Waals surface area contributed by atoms with E-state index < -0.39 is 5.97 Å². The van der Waals surface area contributed by atoms with Crippen LogP contribution in [0.25, 0.3) is 0 Å². The Morgan fingerprint density at radius 2 is 2.00 bits per heavy atom. The summed E-state index contributed by atoms with van der Waals surface area (Å²) < 4.78 is 0. The number of hydrogen-bond acceptors (Lipinski definition) is 4. The molecule has 5 nitrogen and oxygen atoms in total. The van der Waals surface area contributed by atoms with Gasteiger partial charge in [0.25, 0.3) is 0 Å². The predicted octanol–water partition coefficient (Wildman–Crippen LogP) is 2.51. The molecular formula is C12H19N3O2. The first kappa shape index (κ1) is 13.4. The second-order valence-electron chi connectivity index (χ2n) is 5.33. The van der Waals surface area contributed by atoms with Gasteiger partial charge in [-0.25, -0.2) is 14.8 Å². The summed E-state index contributed by atoms with van der Waals surface area (Å²) in [5, 5.41) is 12.2. The zero-order chi connectivity index (χ0) is 13.2. The number of carboxylic acid groups (broad SMARTS) is 1. The number of aromatic carboxylic acids is 1. The van der Waals surface area contributed by atoms with Crippen LogP contribution in [0.4, 0.5) is 5.69 Å². The van der Waals surface area contributed by atoms with Crippen LogP contribution >= 0.6 is 0 Å². The van der Waals surface area contributed by atoms with Crippen molar-refractivity contribution in [1.29, 1.82) is 0 Å². The van der Waals surface area contributed by atoms with Crippen molar-refractivity contribution in [1.82, 2.24) is 9.97 Å². The molecular weight excluding hydrogens is 218 g/mol. The topological polar surface area (TPSA) is 75.1 Å². The third kappa shape index (κ3) is 3.69. The van der Waals surface area contributed by atoms with Crippen molar-refractivity contribution < 1.29 is 9.90 Å². The average Bonchev–Trinajstić information content (AvgIpc) is 2.14. The Balaban J connectivity index is 3.18. The fourth-order valence-corrected chi connectivity index (χ4v) is 1.33. The molecule has 94 valence electrons. The highest BCUT2D eigenvalue weighted by Crippen LogP contribution is 2.19. The van der Waals surface area contributed by atoms with Crippen molar-refractivity contribution in [2.24, 2.45) is 0 Å². The van der Waals surface area contributed by atoms with E-state index in [-0.39, 0.29) is 17.2 Å². The summed E-state index contributed by atoms with van der Waals surface area (Å²) in [6, 6.07) is 0. The van der Waals surface area contributed by atoms with E-state index in [1.807, 2.05) is 34.6 Å². The number of anilines is 1. The Morgan fingerprint density at radius 3 is 2.41 bits per heavy atom. The van der Waals surface area contributed by atoms with E-state index in [2.05, 4.69) is 15.3 Å². The summed E-state index contributed by atoms with van der Waals surface area (Å²) in [5.41, 5.74) is 0.250. The molecule has 0 aromatic carbocycles. The van der Waals surface area contributed by atoms with Gasteiger partial charge < -0.3 is 10.4 Å². The summed E-state index contributed by atoms with van der Waals surface area (Å²) in [6.45, 7) is 9.72. The van der Waals surface area contributed by atoms with E-state index in [1.54, 1.807) is 0 Å². The molecule has 0 amide bonds. The SMILES string of the molecule is CC(C)c1ncc(NC(C)(C)C)c(C(=O)O)n1. The first-order valence-electron chi connectivity index (χ1n) is 5.59. The molecule has 1 aromatic rings. The van der Waals surface area contributed by atoms with Crippen LogP contribution in [-0.4, -0.2) is 26.6 Å². The van der Waals surface area contributed by atoms with E-state index in [1.165, 1.54) is 6.20 Å². The highest BCUT2D eigenvalue weighted by Gasteiger charge is 2.19. The van der Waals surface area contributed by atoms with E-state index in [0.29, 0.717) is 11.5 Å². The second kappa shape index (κ2) is 4.69. The molecule has 1 aromatic heterocycles. The highest BCUT2D eigenvalue weighted by molar-refractivity contribution is 5.91. The van der Waals surface area contributed by atoms with E-state index >= 15 is 0 Å². The fraction of sp³-hybridized carbons (Fsp3) is 0.583. The van der Waals surface area contributed by atoms with Crippen LogP contribution in [0, 0.1) is 0 Å². The Kier molecular flexibility index (Phi) is 3.70. The van der Waals surface area contributed by atoms with E-state index in [9.17, 15) is 4.79 Å². The zero-order valence-corrected chi connectivity index (χ0v) is 10.9. The van der Waals surface area contributed by atoms with Crippen LogP contribution < -0.4 is 5.32 Å². The molecule has 2 N–H and O–H groups in total. The molecule has 0 unspecified atom stereocenters. The molecule has 0 bridgehead atoms. The number of nitrogens with one attached hydrogen (secondary N) is 1. The van der Waals surface area contributed by atoms with Gasteiger partial charge in [-0.3, -0.25) is 0 Å². The van der Waals surface area contributed by atoms with Gasteiger partial charge in [0.15, 0.2) is 5.69 Å². The Labute approximate surface area is 101 Å². The van der Waals surface area contributed by atoms with Gasteiger partial charge in [0.05, 0.1) is 11.9 Å². The molecule has 0 aliphatic carbocycles. The van der Waals surface area contributed by atoms with Gasteiger partial charge in [-0.1, -0.05) is 13.8 Å². The molecule has 5 heteroatoms. The average molecular weight is 237 g/mol. The predicted molar refractivity (Wildman–Crippen MR) is 66.5 cm³/mol. The lowest BCUT2D eigenvalue weighted by molar-refractivity contribution is 0.0691. The van der Waals surface area contributed by atoms with Crippen LogP contribution in [0.15, 0.2) is 6.20 Å². The molecule has 0 fully saturated rings. The molecule has 0 radical (unpaired) electrons. The smallest absolute Gasteiger partial charge is 0.356 e. The number of nitrogens with zero attached hydrogens (tertiary/aromatic N) is 2. The van der Waals surface area contributed by atoms with Crippen molar-refractivity contribution >= 4 is 11.7 Å². The molecule has 1 rings (SSSR count). The van der Waals surface area contributed by atoms with Crippen molar-refractivity contribution in [2.45, 2.75) is 46.1 Å². The van der Waals surface area contributed by atoms with Crippen molar-refractivity contribution in [3.8, 4) is 0 Å². The van der Waals surface area contributed by atoms with Gasteiger partial charge in [0.2, 0.25) is 0 Å². The van der Waals surface area contributed by atoms with Gasteiger partial charge in [-0.2, -0.15) is 0 Å². The van der Waals surface area contributed by atoms with Gasteiger partial charge >= 0.3 is 5.97 Å². The van der Waals surface area contributed by atoms with Gasteiger partial charge in [0.1, 0.15) is 5.82 Å². The maximum Gasteiger partial charge on any atom is 0.356 e. The van der Waals surface area contributed by atoms with Crippen molar-refractivity contribution in [2.75, 3.05) is 5.32 Å². The molecule has 0 saturated carbocycles. The molecule has 17 heavy (non-hydrogen) atoms. The molecule has 0 atom stereocenters. The first-order valence-corrected chi connectivity index (χ1v) is 5.59. The van der Waals surface area contributed by atoms with Gasteiger partial charge in [0, 0.05) is 11.5 Å². The lowest BCUT2D eigenvalue weighted by Gasteiger charge is -2.23. The molecule has 0 spiro atoms. The molecule has 1 heterocycles. The third-order valence-corrected chi connectivity index (χ3v) is 2.04. The Hall–Kier alpha value is -1.65. The zero-order valence-electron chi connectivity index (χ0n) is 10.9. The summed E-state index contributed by atoms with van der Waals surface area (Å²) in [5.74, 6) is -0.389. The normalized spacial score (nSPS) is 11.6. The van der Waals surface area contributed by atoms with Crippen molar-refractivity contribution in [3.63, 3.8) is 0 Å². The summed E-state index contributed by atoms with van der Waals surface area (Å²) in [7, 11) is 0. The lowest BCUT2D eigenvalue weighted by atomic mass is 10.1. The standard InChI is InChI=1S/C12H19N3O2/c1-7(2)10-13-6-8(15-12(3,4)5)9(14-10)11(16)17/h6-7,15H,1-5H3,(H,16,17). The second-order valence-corrected chi connectivity index (χ2v) is 5.33. The molecule has 0 aliphatic rings. The van der Waals surface area contributed by atoms with Gasteiger partial charge in [-0.15, -0.1) is 0 Å². The minimum absolute atomic E-state index is 0.0265. The summed E-state index contributed by atoms with van der Waals surface area (Å²) in [4.78, 5) is 19.4. The maximum atomic E-state index is 11.2. The van der Waals surface area contributed by atoms with Gasteiger partial charge in [-0.05, 0) is 20.8 Å². The van der Waals surface area contributed by atoms with Crippen LogP contribution in [0.3, 0.4) is 0 Å². The van der Waals surface area contributed by atoms with E-state index in [4.69, 9.17) is 5.11 Å². The number of rotatable bonds is 3. The largest absolute Gasteiger partial charge is 0.476 e. The first-order chi connectivity index (χ1) is 7.70. The van der Waals surface area contributed by atoms with Crippen molar-refractivity contribution in [3.05, 3.63) is 17.7 Å². The van der Waals surface area contributed by atoms with Crippen LogP contribution in [0.5, 0.6) is 0 Å². The molecule has 0 saturated heterocycles. The van der Waals surface area contributed by atoms with Crippen LogP contribution in [0.1, 0.15) is 56.8 Å². The number of carboxylic acids is 1. The number of aromatic nitrogens is 2. The lowest BCUT2D eigenvalue weighted by Crippen LogP contribution is -2.28. The van der Waals surface area contributed by atoms with Crippen LogP contribution in [0.2, 0.25) is 0 Å². The Morgan fingerprint density at radius 1 is 1.41 bits per heavy atom. The summed E-state index contributed by atoms with van der Waals surface area (Å²) in [6.07, 6.45) is 1.54. The Bertz CT molecular complexity index is 422. The third-order valence-electron chi connectivity index (χ3n) is 2.04. The number of hydrogen-bond donors (Lipinski definition) is 2. The monoisotopic (exact) mass is 237 g/mol.